The van der Waals surface area contributed by atoms with E-state index in [1.54, 1.807) is 0 Å². The van der Waals surface area contributed by atoms with Crippen molar-refractivity contribution >= 4 is 28.4 Å². The minimum atomic E-state index is -1.76. The summed E-state index contributed by atoms with van der Waals surface area (Å²) in [6.07, 6.45) is 29.0. The van der Waals surface area contributed by atoms with Gasteiger partial charge in [0.05, 0.1) is 36.6 Å². The first-order valence-corrected chi connectivity index (χ1v) is 28.7. The molecule has 7 nitrogen and oxygen atoms in total. The lowest BCUT2D eigenvalue weighted by Gasteiger charge is -2.32. The summed E-state index contributed by atoms with van der Waals surface area (Å²) in [7, 11) is -3.45. The SMILES string of the molecule is CCCCCCCCCC[C@H](O[Si](C)(C)C)[C@H]1CC[C@H]([C@H]2CC[C@H]([C@@H](CCCCC(=O)CCCCCCCC3=C[C@H](C)OC3=O)O[Si](C)(C)C)O2)O1. The minimum absolute atomic E-state index is 0.0798. The van der Waals surface area contributed by atoms with Crippen molar-refractivity contribution in [3.05, 3.63) is 11.6 Å². The molecule has 0 spiro atoms. The van der Waals surface area contributed by atoms with Crippen LogP contribution in [0.25, 0.3) is 0 Å². The summed E-state index contributed by atoms with van der Waals surface area (Å²) in [4.78, 5) is 24.4. The van der Waals surface area contributed by atoms with Gasteiger partial charge in [-0.1, -0.05) is 84.0 Å². The molecule has 2 saturated heterocycles. The molecule has 0 radical (unpaired) electrons. The molecule has 3 rings (SSSR count). The molecule has 0 bridgehead atoms. The Balaban J connectivity index is 1.34. The minimum Gasteiger partial charge on any atom is -0.455 e. The molecule has 3 aliphatic rings. The predicted molar refractivity (Wildman–Crippen MR) is 219 cm³/mol. The number of carbonyl (C=O) groups is 2. The highest BCUT2D eigenvalue weighted by Crippen LogP contribution is 2.37. The summed E-state index contributed by atoms with van der Waals surface area (Å²) in [5.41, 5.74) is 0.830. The van der Waals surface area contributed by atoms with E-state index in [0.29, 0.717) is 18.6 Å². The van der Waals surface area contributed by atoms with Crippen molar-refractivity contribution in [2.24, 2.45) is 0 Å². The van der Waals surface area contributed by atoms with Gasteiger partial charge in [-0.15, -0.1) is 0 Å². The third-order valence-electron chi connectivity index (χ3n) is 10.9. The fraction of sp³-hybridized carbons (Fsp3) is 0.907. The molecule has 3 heterocycles. The largest absolute Gasteiger partial charge is 0.455 e. The van der Waals surface area contributed by atoms with E-state index >= 15 is 0 Å². The molecular formula is C43H80O7Si2. The lowest BCUT2D eigenvalue weighted by atomic mass is 10.00. The average Bonchev–Trinajstić information content (AvgIpc) is 3.82. The second-order valence-corrected chi connectivity index (χ2v) is 27.2. The lowest BCUT2D eigenvalue weighted by Crippen LogP contribution is -2.41. The Morgan fingerprint density at radius 2 is 1.12 bits per heavy atom. The van der Waals surface area contributed by atoms with E-state index in [9.17, 15) is 9.59 Å². The number of Topliss-reactive ketones (excluding diaryl/α,β-unsaturated/α-hetero) is 1. The molecule has 0 N–H and O–H groups in total. The Bertz CT molecular complexity index is 1050. The Labute approximate surface area is 321 Å². The second kappa shape index (κ2) is 23.9. The third kappa shape index (κ3) is 18.7. The van der Waals surface area contributed by atoms with Crippen molar-refractivity contribution in [2.45, 2.75) is 250 Å². The second-order valence-electron chi connectivity index (χ2n) is 18.2. The first-order valence-electron chi connectivity index (χ1n) is 21.8. The molecular weight excluding hydrogens is 685 g/mol. The van der Waals surface area contributed by atoms with Gasteiger partial charge in [-0.2, -0.15) is 0 Å². The van der Waals surface area contributed by atoms with Crippen LogP contribution in [-0.4, -0.2) is 71.1 Å². The van der Waals surface area contributed by atoms with Crippen molar-refractivity contribution in [1.29, 1.82) is 0 Å². The van der Waals surface area contributed by atoms with Crippen LogP contribution in [0.4, 0.5) is 0 Å². The third-order valence-corrected chi connectivity index (χ3v) is 12.9. The van der Waals surface area contributed by atoms with Crippen LogP contribution in [0.1, 0.15) is 168 Å². The van der Waals surface area contributed by atoms with Gasteiger partial charge < -0.3 is 23.1 Å². The first kappa shape index (κ1) is 45.5. The normalized spacial score (nSPS) is 25.0. The van der Waals surface area contributed by atoms with Crippen molar-refractivity contribution in [3.8, 4) is 0 Å². The smallest absolute Gasteiger partial charge is 0.334 e. The van der Waals surface area contributed by atoms with Crippen LogP contribution in [0.5, 0.6) is 0 Å². The van der Waals surface area contributed by atoms with E-state index in [4.69, 9.17) is 23.1 Å². The molecule has 0 aromatic carbocycles. The summed E-state index contributed by atoms with van der Waals surface area (Å²) in [6.45, 7) is 17.9. The van der Waals surface area contributed by atoms with Gasteiger partial charge in [0.1, 0.15) is 11.9 Å². The van der Waals surface area contributed by atoms with E-state index < -0.39 is 16.6 Å². The maximum Gasteiger partial charge on any atom is 0.334 e. The van der Waals surface area contributed by atoms with Gasteiger partial charge >= 0.3 is 5.97 Å². The van der Waals surface area contributed by atoms with Gasteiger partial charge in [0.15, 0.2) is 16.6 Å². The topological polar surface area (TPSA) is 80.3 Å². The average molecular weight is 765 g/mol. The summed E-state index contributed by atoms with van der Waals surface area (Å²) in [6, 6.07) is 0. The van der Waals surface area contributed by atoms with E-state index in [-0.39, 0.29) is 48.7 Å². The maximum atomic E-state index is 12.6. The van der Waals surface area contributed by atoms with Gasteiger partial charge in [-0.25, -0.2) is 4.79 Å². The molecule has 0 aliphatic carbocycles. The molecule has 0 amide bonds. The molecule has 0 saturated carbocycles. The molecule has 7 atom stereocenters. The fourth-order valence-electron chi connectivity index (χ4n) is 8.28. The number of cyclic esters (lactones) is 1. The lowest BCUT2D eigenvalue weighted by molar-refractivity contribution is -0.139. The van der Waals surface area contributed by atoms with Crippen molar-refractivity contribution in [2.75, 3.05) is 0 Å². The van der Waals surface area contributed by atoms with Crippen LogP contribution in [0.2, 0.25) is 39.3 Å². The summed E-state index contributed by atoms with van der Waals surface area (Å²) in [5, 5.41) is 0. The molecule has 302 valence electrons. The Morgan fingerprint density at radius 1 is 0.673 bits per heavy atom. The van der Waals surface area contributed by atoms with Gasteiger partial charge in [-0.3, -0.25) is 4.79 Å². The van der Waals surface area contributed by atoms with Gasteiger partial charge in [0, 0.05) is 18.4 Å². The van der Waals surface area contributed by atoms with Crippen LogP contribution >= 0.6 is 0 Å². The number of rotatable bonds is 29. The molecule has 0 aromatic heterocycles. The van der Waals surface area contributed by atoms with Crippen molar-refractivity contribution < 1.29 is 32.7 Å². The highest BCUT2D eigenvalue weighted by Gasteiger charge is 2.43. The standard InChI is InChI=1S/C43H80O7Si2/c1-9-10-11-12-13-14-18-21-27-41(49-51(3,4)5)39-31-29-37(47-39)38-30-32-40(48-38)42(50-52(6,7)8)28-23-22-26-36(44)25-20-17-15-16-19-24-35-33-34(2)46-43(35)45/h33-34,37-42H,9-32H2,1-8H3/t34-,37+,38+,39+,40+,41-,42+/m0/s1. The molecule has 0 aromatic rings. The monoisotopic (exact) mass is 765 g/mol. The zero-order valence-electron chi connectivity index (χ0n) is 34.9. The number of hydrogen-bond donors (Lipinski definition) is 0. The quantitative estimate of drug-likeness (QED) is 0.0426. The first-order chi connectivity index (χ1) is 24.7. The molecule has 52 heavy (non-hydrogen) atoms. The van der Waals surface area contributed by atoms with Gasteiger partial charge in [0.2, 0.25) is 0 Å². The number of esters is 1. The van der Waals surface area contributed by atoms with Crippen LogP contribution in [-0.2, 0) is 32.7 Å². The Morgan fingerprint density at radius 3 is 1.60 bits per heavy atom. The Hall–Kier alpha value is -0.846. The Kier molecular flexibility index (Phi) is 21.0. The zero-order valence-corrected chi connectivity index (χ0v) is 36.9. The van der Waals surface area contributed by atoms with Gasteiger partial charge in [0.25, 0.3) is 0 Å². The van der Waals surface area contributed by atoms with Crippen LogP contribution < -0.4 is 0 Å². The van der Waals surface area contributed by atoms with Gasteiger partial charge in [-0.05, 0) is 116 Å². The number of hydrogen-bond acceptors (Lipinski definition) is 7. The van der Waals surface area contributed by atoms with Crippen LogP contribution in [0.3, 0.4) is 0 Å². The van der Waals surface area contributed by atoms with Crippen molar-refractivity contribution in [1.82, 2.24) is 0 Å². The maximum absolute atomic E-state index is 12.6. The summed E-state index contributed by atoms with van der Waals surface area (Å²) >= 11 is 0. The van der Waals surface area contributed by atoms with Crippen LogP contribution in [0.15, 0.2) is 11.6 Å². The van der Waals surface area contributed by atoms with Crippen LogP contribution in [0, 0.1) is 0 Å². The number of ether oxygens (including phenoxy) is 3. The van der Waals surface area contributed by atoms with E-state index in [1.807, 2.05) is 13.0 Å². The fourth-order valence-corrected chi connectivity index (χ4v) is 10.6. The number of ketones is 1. The highest BCUT2D eigenvalue weighted by atomic mass is 28.4. The zero-order chi connectivity index (χ0) is 38.0. The molecule has 3 aliphatic heterocycles. The van der Waals surface area contributed by atoms with Crippen molar-refractivity contribution in [3.63, 3.8) is 0 Å². The van der Waals surface area contributed by atoms with E-state index in [0.717, 1.165) is 95.5 Å². The van der Waals surface area contributed by atoms with E-state index in [1.165, 1.54) is 51.4 Å². The summed E-state index contributed by atoms with van der Waals surface area (Å²) in [5.74, 6) is 0.240. The number of unbranched alkanes of at least 4 members (excludes halogenated alkanes) is 12. The summed E-state index contributed by atoms with van der Waals surface area (Å²) < 4.78 is 32.3. The predicted octanol–water partition coefficient (Wildman–Crippen LogP) is 11.8. The molecule has 0 unspecified atom stereocenters. The number of carbonyl (C=O) groups excluding carboxylic acids is 2. The molecule has 2 fully saturated rings. The highest BCUT2D eigenvalue weighted by molar-refractivity contribution is 6.70. The van der Waals surface area contributed by atoms with E-state index in [2.05, 4.69) is 46.2 Å². The molecule has 9 heteroatoms.